The van der Waals surface area contributed by atoms with Gasteiger partial charge < -0.3 is 0 Å². The van der Waals surface area contributed by atoms with Crippen LogP contribution in [0.3, 0.4) is 0 Å². The number of hydrogen-bond donors (Lipinski definition) is 1. The number of benzene rings is 2. The molecule has 2 aromatic carbocycles. The topological polar surface area (TPSA) is 83.6 Å². The zero-order valence-corrected chi connectivity index (χ0v) is 18.3. The third kappa shape index (κ3) is 6.70. The molecule has 1 aliphatic heterocycles. The summed E-state index contributed by atoms with van der Waals surface area (Å²) >= 11 is 0. The summed E-state index contributed by atoms with van der Waals surface area (Å²) in [5, 5.41) is 0. The molecular formula is C23H27FN2O4S. The molecule has 0 aromatic heterocycles. The maximum absolute atomic E-state index is 13.2. The van der Waals surface area contributed by atoms with E-state index in [0.29, 0.717) is 36.2 Å². The molecule has 1 aliphatic rings. The van der Waals surface area contributed by atoms with Gasteiger partial charge in [0.25, 0.3) is 0 Å². The van der Waals surface area contributed by atoms with Crippen LogP contribution >= 0.6 is 0 Å². The minimum Gasteiger partial charge on any atom is -0.294 e. The Balaban J connectivity index is 1.54. The lowest BCUT2D eigenvalue weighted by molar-refractivity contribution is 0.0739. The van der Waals surface area contributed by atoms with Crippen LogP contribution in [0.5, 0.6) is 0 Å². The lowest BCUT2D eigenvalue weighted by Gasteiger charge is -2.34. The van der Waals surface area contributed by atoms with Crippen LogP contribution in [0.25, 0.3) is 0 Å². The fourth-order valence-corrected chi connectivity index (χ4v) is 4.45. The van der Waals surface area contributed by atoms with E-state index in [1.807, 2.05) is 0 Å². The van der Waals surface area contributed by atoms with Crippen molar-refractivity contribution < 1.29 is 22.4 Å². The summed E-state index contributed by atoms with van der Waals surface area (Å²) in [7, 11) is -3.36. The molecule has 0 aliphatic carbocycles. The quantitative estimate of drug-likeness (QED) is 0.591. The normalized spacial score (nSPS) is 17.3. The van der Waals surface area contributed by atoms with Crippen molar-refractivity contribution in [2.45, 2.75) is 38.1 Å². The molecule has 0 amide bonds. The number of rotatable bonds is 9. The number of piperidine rings is 1. The molecule has 31 heavy (non-hydrogen) atoms. The largest absolute Gasteiger partial charge is 0.294 e. The van der Waals surface area contributed by atoms with Gasteiger partial charge in [0.15, 0.2) is 11.6 Å². The van der Waals surface area contributed by atoms with Crippen molar-refractivity contribution in [1.82, 2.24) is 4.90 Å². The van der Waals surface area contributed by atoms with E-state index < -0.39 is 10.0 Å². The Morgan fingerprint density at radius 1 is 1.03 bits per heavy atom. The van der Waals surface area contributed by atoms with Gasteiger partial charge in [0.1, 0.15) is 5.82 Å². The van der Waals surface area contributed by atoms with Crippen LogP contribution < -0.4 is 4.72 Å². The molecule has 1 heterocycles. The minimum absolute atomic E-state index is 0.00000762. The lowest BCUT2D eigenvalue weighted by atomic mass is 9.94. The number of likely N-dealkylation sites (tertiary alicyclic amines) is 1. The molecule has 1 unspecified atom stereocenters. The van der Waals surface area contributed by atoms with E-state index in [1.54, 1.807) is 24.3 Å². The summed E-state index contributed by atoms with van der Waals surface area (Å²) in [6.07, 6.45) is 4.78. The van der Waals surface area contributed by atoms with E-state index >= 15 is 0 Å². The van der Waals surface area contributed by atoms with E-state index in [9.17, 15) is 22.4 Å². The Kier molecular flexibility index (Phi) is 7.56. The van der Waals surface area contributed by atoms with E-state index in [4.69, 9.17) is 0 Å². The molecule has 1 atom stereocenters. The highest BCUT2D eigenvalue weighted by molar-refractivity contribution is 7.92. The highest BCUT2D eigenvalue weighted by Gasteiger charge is 2.29. The van der Waals surface area contributed by atoms with Crippen molar-refractivity contribution in [2.75, 3.05) is 24.1 Å². The fraction of sp³-hybridized carbons (Fsp3) is 0.391. The van der Waals surface area contributed by atoms with E-state index in [2.05, 4.69) is 9.62 Å². The Morgan fingerprint density at radius 3 is 2.32 bits per heavy atom. The first-order valence-electron chi connectivity index (χ1n) is 10.4. The minimum atomic E-state index is -3.36. The number of carbonyl (C=O) groups is 2. The molecular weight excluding hydrogens is 419 g/mol. The number of halogens is 1. The summed E-state index contributed by atoms with van der Waals surface area (Å²) in [5.41, 5.74) is 1.45. The SMILES string of the molecule is CS(=O)(=O)Nc1ccc(C(=O)CCCN2CCCCC2C(=O)c2ccc(F)cc2)cc1. The Hall–Kier alpha value is -2.58. The van der Waals surface area contributed by atoms with Crippen molar-refractivity contribution >= 4 is 27.3 Å². The lowest BCUT2D eigenvalue weighted by Crippen LogP contribution is -2.45. The van der Waals surface area contributed by atoms with Gasteiger partial charge in [0.2, 0.25) is 10.0 Å². The molecule has 0 radical (unpaired) electrons. The Labute approximate surface area is 182 Å². The van der Waals surface area contributed by atoms with E-state index in [1.165, 1.54) is 24.3 Å². The average Bonchev–Trinajstić information content (AvgIpc) is 2.73. The predicted molar refractivity (Wildman–Crippen MR) is 118 cm³/mol. The molecule has 1 fully saturated rings. The maximum Gasteiger partial charge on any atom is 0.229 e. The zero-order chi connectivity index (χ0) is 22.4. The van der Waals surface area contributed by atoms with Crippen LogP contribution in [0, 0.1) is 5.82 Å². The molecule has 1 N–H and O–H groups in total. The third-order valence-corrected chi connectivity index (χ3v) is 6.01. The van der Waals surface area contributed by atoms with E-state index in [-0.39, 0.29) is 23.4 Å². The molecule has 3 rings (SSSR count). The van der Waals surface area contributed by atoms with Crippen LogP contribution in [0.2, 0.25) is 0 Å². The zero-order valence-electron chi connectivity index (χ0n) is 17.5. The molecule has 1 saturated heterocycles. The van der Waals surface area contributed by atoms with Gasteiger partial charge >= 0.3 is 0 Å². The van der Waals surface area contributed by atoms with Crippen LogP contribution in [-0.2, 0) is 10.0 Å². The van der Waals surface area contributed by atoms with Crippen molar-refractivity contribution in [3.05, 3.63) is 65.5 Å². The van der Waals surface area contributed by atoms with Gasteiger partial charge in [-0.1, -0.05) is 6.42 Å². The second kappa shape index (κ2) is 10.2. The first-order chi connectivity index (χ1) is 14.7. The smallest absolute Gasteiger partial charge is 0.229 e. The number of nitrogens with one attached hydrogen (secondary N) is 1. The molecule has 8 heteroatoms. The highest BCUT2D eigenvalue weighted by atomic mass is 32.2. The summed E-state index contributed by atoms with van der Waals surface area (Å²) < 4.78 is 38.1. The Bertz CT molecular complexity index is 1020. The average molecular weight is 447 g/mol. The molecule has 166 valence electrons. The van der Waals surface area contributed by atoms with Crippen LogP contribution in [0.4, 0.5) is 10.1 Å². The molecule has 0 bridgehead atoms. The molecule has 0 spiro atoms. The summed E-state index contributed by atoms with van der Waals surface area (Å²) in [6.45, 7) is 1.44. The van der Waals surface area contributed by atoms with E-state index in [0.717, 1.165) is 32.1 Å². The van der Waals surface area contributed by atoms with Gasteiger partial charge in [0, 0.05) is 23.2 Å². The number of hydrogen-bond acceptors (Lipinski definition) is 5. The molecule has 0 saturated carbocycles. The van der Waals surface area contributed by atoms with Crippen molar-refractivity contribution in [3.8, 4) is 0 Å². The monoisotopic (exact) mass is 446 g/mol. The number of Topliss-reactive ketones (excluding diaryl/α,β-unsaturated/α-hetero) is 2. The van der Waals surface area contributed by atoms with Gasteiger partial charge in [-0.15, -0.1) is 0 Å². The van der Waals surface area contributed by atoms with Gasteiger partial charge in [-0.05, 0) is 80.9 Å². The summed E-state index contributed by atoms with van der Waals surface area (Å²) in [5.74, 6) is -0.389. The first kappa shape index (κ1) is 23.1. The van der Waals surface area contributed by atoms with Crippen LogP contribution in [0.15, 0.2) is 48.5 Å². The highest BCUT2D eigenvalue weighted by Crippen LogP contribution is 2.22. The number of ketones is 2. The Morgan fingerprint density at radius 2 is 1.68 bits per heavy atom. The number of carbonyl (C=O) groups excluding carboxylic acids is 2. The number of sulfonamides is 1. The van der Waals surface area contributed by atoms with Crippen molar-refractivity contribution in [3.63, 3.8) is 0 Å². The van der Waals surface area contributed by atoms with Gasteiger partial charge in [0.05, 0.1) is 12.3 Å². The van der Waals surface area contributed by atoms with Crippen LogP contribution in [0.1, 0.15) is 52.8 Å². The van der Waals surface area contributed by atoms with Crippen molar-refractivity contribution in [1.29, 1.82) is 0 Å². The van der Waals surface area contributed by atoms with Crippen molar-refractivity contribution in [2.24, 2.45) is 0 Å². The summed E-state index contributed by atoms with van der Waals surface area (Å²) in [6, 6.07) is 11.8. The fourth-order valence-electron chi connectivity index (χ4n) is 3.89. The third-order valence-electron chi connectivity index (χ3n) is 5.40. The van der Waals surface area contributed by atoms with Gasteiger partial charge in [-0.25, -0.2) is 12.8 Å². The summed E-state index contributed by atoms with van der Waals surface area (Å²) in [4.78, 5) is 27.5. The predicted octanol–water partition coefficient (Wildman–Crippen LogP) is 3.90. The van der Waals surface area contributed by atoms with Gasteiger partial charge in [-0.3, -0.25) is 19.2 Å². The van der Waals surface area contributed by atoms with Crippen LogP contribution in [-0.4, -0.2) is 50.3 Å². The first-order valence-corrected chi connectivity index (χ1v) is 12.3. The molecule has 6 nitrogen and oxygen atoms in total. The number of anilines is 1. The van der Waals surface area contributed by atoms with Gasteiger partial charge in [-0.2, -0.15) is 0 Å². The number of nitrogens with zero attached hydrogens (tertiary/aromatic N) is 1. The second-order valence-corrected chi connectivity index (χ2v) is 9.65. The molecule has 2 aromatic rings. The standard InChI is InChI=1S/C23H27FN2O4S/c1-31(29,30)25-20-13-9-17(10-14-20)22(27)6-4-16-26-15-3-2-5-21(26)23(28)18-7-11-19(24)12-8-18/h7-14,21,25H,2-6,15-16H2,1H3. The second-order valence-electron chi connectivity index (χ2n) is 7.90. The maximum atomic E-state index is 13.2.